The van der Waals surface area contributed by atoms with Gasteiger partial charge in [-0.05, 0) is 32.4 Å². The monoisotopic (exact) mass is 242 g/mol. The first-order chi connectivity index (χ1) is 7.99. The van der Waals surface area contributed by atoms with E-state index in [1.165, 1.54) is 6.42 Å². The van der Waals surface area contributed by atoms with Gasteiger partial charge in [-0.25, -0.2) is 0 Å². The minimum Gasteiger partial charge on any atom is -0.481 e. The summed E-state index contributed by atoms with van der Waals surface area (Å²) in [5.41, 5.74) is 0. The third-order valence-electron chi connectivity index (χ3n) is 3.22. The van der Waals surface area contributed by atoms with Gasteiger partial charge >= 0.3 is 5.97 Å². The number of amides is 1. The number of likely N-dealkylation sites (tertiary alicyclic amines) is 1. The summed E-state index contributed by atoms with van der Waals surface area (Å²) in [6, 6.07) is 0. The van der Waals surface area contributed by atoms with E-state index in [0.717, 1.165) is 19.5 Å². The minimum absolute atomic E-state index is 0.101. The van der Waals surface area contributed by atoms with Crippen LogP contribution in [0.5, 0.6) is 0 Å². The predicted octanol–water partition coefficient (Wildman–Crippen LogP) is 0.555. The second kappa shape index (κ2) is 6.59. The van der Waals surface area contributed by atoms with Gasteiger partial charge in [0.25, 0.3) is 0 Å². The summed E-state index contributed by atoms with van der Waals surface area (Å²) in [5.74, 6) is -1.03. The molecule has 0 aromatic heterocycles. The van der Waals surface area contributed by atoms with Crippen molar-refractivity contribution in [3.05, 3.63) is 0 Å². The summed E-state index contributed by atoms with van der Waals surface area (Å²) < 4.78 is 0. The topological polar surface area (TPSA) is 69.6 Å². The minimum atomic E-state index is -0.926. The lowest BCUT2D eigenvalue weighted by molar-refractivity contribution is -0.140. The zero-order chi connectivity index (χ0) is 12.8. The highest BCUT2D eigenvalue weighted by molar-refractivity contribution is 5.82. The Kier molecular flexibility index (Phi) is 5.41. The number of nitrogens with zero attached hydrogens (tertiary/aromatic N) is 1. The fourth-order valence-electron chi connectivity index (χ4n) is 2.21. The van der Waals surface area contributed by atoms with Crippen LogP contribution >= 0.6 is 0 Å². The van der Waals surface area contributed by atoms with Gasteiger partial charge in [-0.2, -0.15) is 0 Å². The molecule has 1 aliphatic rings. The van der Waals surface area contributed by atoms with Crippen molar-refractivity contribution < 1.29 is 14.7 Å². The number of carbonyl (C=O) groups is 2. The third-order valence-corrected chi connectivity index (χ3v) is 3.22. The van der Waals surface area contributed by atoms with E-state index in [1.807, 2.05) is 0 Å². The molecular weight excluding hydrogens is 220 g/mol. The van der Waals surface area contributed by atoms with Crippen molar-refractivity contribution in [3.63, 3.8) is 0 Å². The first-order valence-electron chi connectivity index (χ1n) is 6.17. The lowest BCUT2D eigenvalue weighted by Gasteiger charge is -2.29. The molecular formula is C12H22N2O3. The smallest absolute Gasteiger partial charge is 0.304 e. The largest absolute Gasteiger partial charge is 0.481 e. The van der Waals surface area contributed by atoms with Crippen molar-refractivity contribution in [2.24, 2.45) is 11.8 Å². The van der Waals surface area contributed by atoms with Crippen LogP contribution < -0.4 is 5.32 Å². The van der Waals surface area contributed by atoms with Gasteiger partial charge in [0.1, 0.15) is 0 Å². The number of nitrogens with one attached hydrogen (secondary N) is 1. The highest BCUT2D eigenvalue weighted by Crippen LogP contribution is 2.14. The van der Waals surface area contributed by atoms with Crippen molar-refractivity contribution in [2.45, 2.75) is 26.2 Å². The summed E-state index contributed by atoms with van der Waals surface area (Å²) in [6.07, 6.45) is 2.20. The molecule has 0 saturated carbocycles. The molecule has 1 saturated heterocycles. The molecule has 5 heteroatoms. The molecule has 0 spiro atoms. The predicted molar refractivity (Wildman–Crippen MR) is 64.6 cm³/mol. The second-order valence-electron chi connectivity index (χ2n) is 5.01. The van der Waals surface area contributed by atoms with Crippen molar-refractivity contribution in [1.82, 2.24) is 10.2 Å². The lowest BCUT2D eigenvalue weighted by Crippen LogP contribution is -2.40. The van der Waals surface area contributed by atoms with Gasteiger partial charge in [0.05, 0.1) is 6.42 Å². The quantitative estimate of drug-likeness (QED) is 0.739. The maximum absolute atomic E-state index is 11.6. The number of carboxylic acid groups (broad SMARTS) is 1. The van der Waals surface area contributed by atoms with Crippen LogP contribution in [-0.2, 0) is 9.59 Å². The summed E-state index contributed by atoms with van der Waals surface area (Å²) in [6.45, 7) is 4.44. The Labute approximate surface area is 102 Å². The highest BCUT2D eigenvalue weighted by atomic mass is 16.4. The molecule has 5 nitrogen and oxygen atoms in total. The number of carbonyl (C=O) groups excluding carboxylic acids is 1. The number of aliphatic carboxylic acids is 1. The third kappa shape index (κ3) is 5.17. The van der Waals surface area contributed by atoms with Gasteiger partial charge < -0.3 is 15.3 Å². The van der Waals surface area contributed by atoms with Gasteiger partial charge in [-0.15, -0.1) is 0 Å². The average molecular weight is 242 g/mol. The number of rotatable bonds is 5. The van der Waals surface area contributed by atoms with E-state index >= 15 is 0 Å². The van der Waals surface area contributed by atoms with Crippen molar-refractivity contribution in [3.8, 4) is 0 Å². The standard InChI is InChI=1S/C12H22N2O3/c1-9(6-11(15)16)12(17)13-7-10-4-3-5-14(2)8-10/h9-10H,3-8H2,1-2H3,(H,13,17)(H,15,16). The molecule has 1 fully saturated rings. The Morgan fingerprint density at radius 2 is 2.24 bits per heavy atom. The molecule has 0 aliphatic carbocycles. The molecule has 2 atom stereocenters. The second-order valence-corrected chi connectivity index (χ2v) is 5.01. The van der Waals surface area contributed by atoms with Crippen LogP contribution in [0.25, 0.3) is 0 Å². The summed E-state index contributed by atoms with van der Waals surface area (Å²) >= 11 is 0. The lowest BCUT2D eigenvalue weighted by atomic mass is 9.98. The molecule has 98 valence electrons. The van der Waals surface area contributed by atoms with Crippen LogP contribution in [0.1, 0.15) is 26.2 Å². The summed E-state index contributed by atoms with van der Waals surface area (Å²) in [7, 11) is 2.08. The molecule has 1 aliphatic heterocycles. The molecule has 2 N–H and O–H groups in total. The zero-order valence-corrected chi connectivity index (χ0v) is 10.6. The van der Waals surface area contributed by atoms with Gasteiger partial charge in [-0.3, -0.25) is 9.59 Å². The van der Waals surface area contributed by atoms with Crippen LogP contribution in [0.3, 0.4) is 0 Å². The molecule has 0 radical (unpaired) electrons. The number of hydrogen-bond donors (Lipinski definition) is 2. The normalized spacial score (nSPS) is 23.1. The zero-order valence-electron chi connectivity index (χ0n) is 10.6. The van der Waals surface area contributed by atoms with E-state index in [1.54, 1.807) is 6.92 Å². The van der Waals surface area contributed by atoms with Crippen LogP contribution in [0.15, 0.2) is 0 Å². The molecule has 17 heavy (non-hydrogen) atoms. The van der Waals surface area contributed by atoms with Crippen molar-refractivity contribution >= 4 is 11.9 Å². The van der Waals surface area contributed by atoms with Crippen LogP contribution in [-0.4, -0.2) is 48.6 Å². The average Bonchev–Trinajstić information content (AvgIpc) is 2.25. The number of carboxylic acids is 1. The maximum Gasteiger partial charge on any atom is 0.304 e. The Hall–Kier alpha value is -1.10. The van der Waals surface area contributed by atoms with E-state index in [-0.39, 0.29) is 12.3 Å². The number of piperidine rings is 1. The molecule has 0 aromatic carbocycles. The van der Waals surface area contributed by atoms with E-state index < -0.39 is 11.9 Å². The molecule has 1 heterocycles. The van der Waals surface area contributed by atoms with Crippen molar-refractivity contribution in [2.75, 3.05) is 26.7 Å². The molecule has 1 rings (SSSR count). The SMILES string of the molecule is CC(CC(=O)O)C(=O)NCC1CCCN(C)C1. The van der Waals surface area contributed by atoms with E-state index in [4.69, 9.17) is 5.11 Å². The van der Waals surface area contributed by atoms with Gasteiger partial charge in [0.15, 0.2) is 0 Å². The van der Waals surface area contributed by atoms with E-state index in [9.17, 15) is 9.59 Å². The molecule has 1 amide bonds. The number of hydrogen-bond acceptors (Lipinski definition) is 3. The van der Waals surface area contributed by atoms with E-state index in [0.29, 0.717) is 12.5 Å². The molecule has 0 bridgehead atoms. The molecule has 0 aromatic rings. The van der Waals surface area contributed by atoms with Crippen LogP contribution in [0.4, 0.5) is 0 Å². The van der Waals surface area contributed by atoms with Crippen LogP contribution in [0, 0.1) is 11.8 Å². The first kappa shape index (κ1) is 14.0. The highest BCUT2D eigenvalue weighted by Gasteiger charge is 2.20. The van der Waals surface area contributed by atoms with E-state index in [2.05, 4.69) is 17.3 Å². The fourth-order valence-corrected chi connectivity index (χ4v) is 2.21. The van der Waals surface area contributed by atoms with Gasteiger partial charge in [0.2, 0.25) is 5.91 Å². The fraction of sp³-hybridized carbons (Fsp3) is 0.833. The Morgan fingerprint density at radius 1 is 1.53 bits per heavy atom. The Morgan fingerprint density at radius 3 is 2.82 bits per heavy atom. The first-order valence-corrected chi connectivity index (χ1v) is 6.17. The van der Waals surface area contributed by atoms with Crippen molar-refractivity contribution in [1.29, 1.82) is 0 Å². The van der Waals surface area contributed by atoms with Gasteiger partial charge in [0, 0.05) is 19.0 Å². The Bertz CT molecular complexity index is 281. The summed E-state index contributed by atoms with van der Waals surface area (Å²) in [5, 5.41) is 11.4. The Balaban J connectivity index is 2.25. The van der Waals surface area contributed by atoms with Crippen LogP contribution in [0.2, 0.25) is 0 Å². The van der Waals surface area contributed by atoms with Gasteiger partial charge in [-0.1, -0.05) is 6.92 Å². The maximum atomic E-state index is 11.6. The summed E-state index contributed by atoms with van der Waals surface area (Å²) in [4.78, 5) is 24.4. The molecule has 2 unspecified atom stereocenters.